The number of halogens is 2. The van der Waals surface area contributed by atoms with Crippen LogP contribution in [0.25, 0.3) is 0 Å². The molecule has 0 saturated heterocycles. The van der Waals surface area contributed by atoms with Crippen molar-refractivity contribution in [1.29, 1.82) is 0 Å². The van der Waals surface area contributed by atoms with Gasteiger partial charge in [0.25, 0.3) is 0 Å². The number of benzene rings is 2. The number of hydrazine groups is 1. The van der Waals surface area contributed by atoms with Crippen molar-refractivity contribution < 1.29 is 4.74 Å². The third-order valence-electron chi connectivity index (χ3n) is 2.86. The first-order valence-corrected chi connectivity index (χ1v) is 6.88. The molecule has 0 aromatic heterocycles. The largest absolute Gasteiger partial charge is 0.497 e. The van der Waals surface area contributed by atoms with E-state index in [1.807, 2.05) is 42.5 Å². The predicted molar refractivity (Wildman–Crippen MR) is 81.3 cm³/mol. The number of ether oxygens (including phenoxy) is 1. The molecule has 0 spiro atoms. The summed E-state index contributed by atoms with van der Waals surface area (Å²) in [5.74, 6) is 6.47. The first-order valence-electron chi connectivity index (χ1n) is 5.70. The molecule has 19 heavy (non-hydrogen) atoms. The zero-order valence-electron chi connectivity index (χ0n) is 10.4. The van der Waals surface area contributed by atoms with E-state index in [9.17, 15) is 0 Å². The van der Waals surface area contributed by atoms with Crippen molar-refractivity contribution >= 4 is 27.5 Å². The van der Waals surface area contributed by atoms with E-state index < -0.39 is 0 Å². The van der Waals surface area contributed by atoms with E-state index in [0.29, 0.717) is 5.02 Å². The van der Waals surface area contributed by atoms with Crippen molar-refractivity contribution in [3.8, 4) is 5.75 Å². The molecule has 2 aromatic rings. The topological polar surface area (TPSA) is 47.3 Å². The fourth-order valence-corrected chi connectivity index (χ4v) is 2.60. The normalized spacial score (nSPS) is 12.2. The van der Waals surface area contributed by atoms with Crippen molar-refractivity contribution in [2.45, 2.75) is 6.04 Å². The molecule has 100 valence electrons. The van der Waals surface area contributed by atoms with Crippen molar-refractivity contribution in [3.05, 3.63) is 63.1 Å². The van der Waals surface area contributed by atoms with Crippen LogP contribution >= 0.6 is 27.5 Å². The van der Waals surface area contributed by atoms with Crippen molar-refractivity contribution in [3.63, 3.8) is 0 Å². The van der Waals surface area contributed by atoms with Gasteiger partial charge in [-0.3, -0.25) is 5.84 Å². The second kappa shape index (κ2) is 6.39. The maximum absolute atomic E-state index is 6.03. The number of methoxy groups -OCH3 is 1. The summed E-state index contributed by atoms with van der Waals surface area (Å²) in [5, 5.41) is 0.678. The Balaban J connectivity index is 2.47. The summed E-state index contributed by atoms with van der Waals surface area (Å²) in [6.07, 6.45) is 0. The molecule has 0 heterocycles. The molecule has 2 rings (SSSR count). The van der Waals surface area contributed by atoms with E-state index in [1.54, 1.807) is 7.11 Å². The Morgan fingerprint density at radius 3 is 2.68 bits per heavy atom. The monoisotopic (exact) mass is 340 g/mol. The van der Waals surface area contributed by atoms with E-state index in [-0.39, 0.29) is 6.04 Å². The molecule has 0 radical (unpaired) electrons. The summed E-state index contributed by atoms with van der Waals surface area (Å²) < 4.78 is 6.20. The number of nitrogens with one attached hydrogen (secondary N) is 1. The Bertz CT molecular complexity index is 577. The van der Waals surface area contributed by atoms with Crippen LogP contribution in [0.2, 0.25) is 5.02 Å². The van der Waals surface area contributed by atoms with E-state index >= 15 is 0 Å². The van der Waals surface area contributed by atoms with E-state index in [4.69, 9.17) is 22.2 Å². The van der Waals surface area contributed by atoms with Crippen LogP contribution in [-0.2, 0) is 0 Å². The van der Waals surface area contributed by atoms with Crippen molar-refractivity contribution in [1.82, 2.24) is 5.43 Å². The highest BCUT2D eigenvalue weighted by Gasteiger charge is 2.16. The fourth-order valence-electron chi connectivity index (χ4n) is 1.92. The van der Waals surface area contributed by atoms with Crippen molar-refractivity contribution in [2.24, 2.45) is 5.84 Å². The molecule has 5 heteroatoms. The third-order valence-corrected chi connectivity index (χ3v) is 3.82. The van der Waals surface area contributed by atoms with Gasteiger partial charge in [-0.1, -0.05) is 39.7 Å². The average molecular weight is 342 g/mol. The minimum Gasteiger partial charge on any atom is -0.497 e. The van der Waals surface area contributed by atoms with Crippen LogP contribution < -0.4 is 16.0 Å². The minimum absolute atomic E-state index is 0.164. The van der Waals surface area contributed by atoms with Gasteiger partial charge in [-0.15, -0.1) is 0 Å². The molecule has 3 N–H and O–H groups in total. The average Bonchev–Trinajstić information content (AvgIpc) is 2.42. The van der Waals surface area contributed by atoms with Crippen LogP contribution in [0.3, 0.4) is 0 Å². The van der Waals surface area contributed by atoms with E-state index in [2.05, 4.69) is 21.4 Å². The van der Waals surface area contributed by atoms with Crippen LogP contribution in [0.4, 0.5) is 0 Å². The van der Waals surface area contributed by atoms with E-state index in [0.717, 1.165) is 21.3 Å². The summed E-state index contributed by atoms with van der Waals surface area (Å²) in [7, 11) is 1.64. The van der Waals surface area contributed by atoms with Gasteiger partial charge in [-0.2, -0.15) is 0 Å². The van der Waals surface area contributed by atoms with Crippen molar-refractivity contribution in [2.75, 3.05) is 7.11 Å². The quantitative estimate of drug-likeness (QED) is 0.659. The van der Waals surface area contributed by atoms with Gasteiger partial charge in [0.2, 0.25) is 0 Å². The van der Waals surface area contributed by atoms with Gasteiger partial charge in [-0.05, 0) is 41.5 Å². The molecule has 0 bridgehead atoms. The lowest BCUT2D eigenvalue weighted by Crippen LogP contribution is -2.29. The van der Waals surface area contributed by atoms with Crippen LogP contribution in [-0.4, -0.2) is 7.11 Å². The molecule has 0 fully saturated rings. The molecule has 0 amide bonds. The molecule has 3 nitrogen and oxygen atoms in total. The second-order valence-electron chi connectivity index (χ2n) is 4.04. The third kappa shape index (κ3) is 3.28. The highest BCUT2D eigenvalue weighted by Crippen LogP contribution is 2.32. The zero-order chi connectivity index (χ0) is 13.8. The molecule has 0 aliphatic carbocycles. The molecule has 0 aliphatic rings. The Kier molecular flexibility index (Phi) is 4.82. The predicted octanol–water partition coefficient (Wildman–Crippen LogP) is 3.66. The lowest BCUT2D eigenvalue weighted by atomic mass is 9.99. The molecule has 1 atom stereocenters. The van der Waals surface area contributed by atoms with Gasteiger partial charge < -0.3 is 4.74 Å². The van der Waals surface area contributed by atoms with Gasteiger partial charge in [0.15, 0.2) is 0 Å². The Hall–Kier alpha value is -1.07. The molecular formula is C14H14BrClN2O. The SMILES string of the molecule is COc1ccc(Br)c(C(NN)c2cccc(Cl)c2)c1. The van der Waals surface area contributed by atoms with Gasteiger partial charge >= 0.3 is 0 Å². The Morgan fingerprint density at radius 1 is 1.26 bits per heavy atom. The molecular weight excluding hydrogens is 328 g/mol. The van der Waals surface area contributed by atoms with Crippen LogP contribution in [0.15, 0.2) is 46.9 Å². The maximum atomic E-state index is 6.03. The van der Waals surface area contributed by atoms with Gasteiger partial charge in [-0.25, -0.2) is 5.43 Å². The van der Waals surface area contributed by atoms with Gasteiger partial charge in [0.05, 0.1) is 13.2 Å². The molecule has 0 saturated carbocycles. The number of hydrogen-bond donors (Lipinski definition) is 2. The molecule has 1 unspecified atom stereocenters. The van der Waals surface area contributed by atoms with Crippen LogP contribution in [0, 0.1) is 0 Å². The molecule has 2 aromatic carbocycles. The maximum Gasteiger partial charge on any atom is 0.119 e. The minimum atomic E-state index is -0.164. The summed E-state index contributed by atoms with van der Waals surface area (Å²) in [4.78, 5) is 0. The fraction of sp³-hybridized carbons (Fsp3) is 0.143. The number of rotatable bonds is 4. The summed E-state index contributed by atoms with van der Waals surface area (Å²) in [6.45, 7) is 0. The first-order chi connectivity index (χ1) is 9.15. The summed E-state index contributed by atoms with van der Waals surface area (Å²) >= 11 is 9.56. The lowest BCUT2D eigenvalue weighted by molar-refractivity contribution is 0.413. The van der Waals surface area contributed by atoms with Crippen LogP contribution in [0.1, 0.15) is 17.2 Å². The first kappa shape index (κ1) is 14.3. The number of hydrogen-bond acceptors (Lipinski definition) is 3. The number of nitrogens with two attached hydrogens (primary N) is 1. The zero-order valence-corrected chi connectivity index (χ0v) is 12.7. The Labute approximate surface area is 125 Å². The van der Waals surface area contributed by atoms with Gasteiger partial charge in [0.1, 0.15) is 5.75 Å². The smallest absolute Gasteiger partial charge is 0.119 e. The Morgan fingerprint density at radius 2 is 2.05 bits per heavy atom. The van der Waals surface area contributed by atoms with E-state index in [1.165, 1.54) is 0 Å². The standard InChI is InChI=1S/C14H14BrClN2O/c1-19-11-5-6-13(15)12(8-11)14(18-17)9-3-2-4-10(16)7-9/h2-8,14,18H,17H2,1H3. The van der Waals surface area contributed by atoms with Crippen LogP contribution in [0.5, 0.6) is 5.75 Å². The molecule has 0 aliphatic heterocycles. The highest BCUT2D eigenvalue weighted by molar-refractivity contribution is 9.10. The van der Waals surface area contributed by atoms with Gasteiger partial charge in [0, 0.05) is 9.50 Å². The lowest BCUT2D eigenvalue weighted by Gasteiger charge is -2.19. The second-order valence-corrected chi connectivity index (χ2v) is 5.33. The highest BCUT2D eigenvalue weighted by atomic mass is 79.9. The summed E-state index contributed by atoms with van der Waals surface area (Å²) in [6, 6.07) is 13.2. The summed E-state index contributed by atoms with van der Waals surface area (Å²) in [5.41, 5.74) is 4.79.